The lowest BCUT2D eigenvalue weighted by Crippen LogP contribution is -2.15. The summed E-state index contributed by atoms with van der Waals surface area (Å²) in [5.41, 5.74) is 1.58. The highest BCUT2D eigenvalue weighted by molar-refractivity contribution is 5.59. The summed E-state index contributed by atoms with van der Waals surface area (Å²) in [4.78, 5) is 11.2. The molecule has 92 valence electrons. The zero-order valence-corrected chi connectivity index (χ0v) is 11.1. The Labute approximate surface area is 103 Å². The number of benzene rings is 1. The third kappa shape index (κ3) is 5.18. The summed E-state index contributed by atoms with van der Waals surface area (Å²) in [6, 6.07) is 10.3. The molecule has 0 saturated heterocycles. The van der Waals surface area contributed by atoms with Gasteiger partial charge in [0, 0.05) is 19.8 Å². The molecule has 0 aliphatic carbocycles. The fraction of sp³-hybridized carbons (Fsp3) is 0.462. The van der Waals surface area contributed by atoms with Gasteiger partial charge in [-0.2, -0.15) is 4.99 Å². The van der Waals surface area contributed by atoms with Crippen molar-refractivity contribution in [3.8, 4) is 0 Å². The van der Waals surface area contributed by atoms with Gasteiger partial charge >= 0.3 is 0 Å². The van der Waals surface area contributed by atoms with Gasteiger partial charge in [0.05, 0.1) is 5.69 Å². The molecule has 0 unspecified atom stereocenters. The van der Waals surface area contributed by atoms with Crippen LogP contribution in [0.1, 0.15) is 20.8 Å². The van der Waals surface area contributed by atoms with E-state index in [2.05, 4.69) is 16.2 Å². The van der Waals surface area contributed by atoms with Crippen molar-refractivity contribution in [2.75, 3.05) is 19.0 Å². The summed E-state index contributed by atoms with van der Waals surface area (Å²) in [5, 5.41) is 3.68. The minimum atomic E-state index is -0.312. The fourth-order valence-corrected chi connectivity index (χ4v) is 1.08. The maximum Gasteiger partial charge on any atom is 0.141 e. The van der Waals surface area contributed by atoms with E-state index in [4.69, 9.17) is 4.84 Å². The maximum absolute atomic E-state index is 5.14. The largest absolute Gasteiger partial charge is 0.382 e. The molecule has 0 aromatic heterocycles. The second-order valence-corrected chi connectivity index (χ2v) is 4.92. The first-order chi connectivity index (χ1) is 7.88. The van der Waals surface area contributed by atoms with E-state index in [-0.39, 0.29) is 5.60 Å². The molecule has 0 N–H and O–H groups in total. The Morgan fingerprint density at radius 2 is 1.94 bits per heavy atom. The normalized spacial score (nSPS) is 10.4. The van der Waals surface area contributed by atoms with Crippen LogP contribution in [0.5, 0.6) is 0 Å². The lowest BCUT2D eigenvalue weighted by Gasteiger charge is -2.13. The summed E-state index contributed by atoms with van der Waals surface area (Å²) < 4.78 is 0. The van der Waals surface area contributed by atoms with Crippen LogP contribution in [-0.2, 0) is 4.84 Å². The molecule has 0 heterocycles. The third-order valence-corrected chi connectivity index (χ3v) is 1.89. The lowest BCUT2D eigenvalue weighted by molar-refractivity contribution is 0.00220. The molecule has 0 radical (unpaired) electrons. The van der Waals surface area contributed by atoms with Gasteiger partial charge in [0.25, 0.3) is 0 Å². The molecular weight excluding hydrogens is 214 g/mol. The van der Waals surface area contributed by atoms with Crippen molar-refractivity contribution in [2.24, 2.45) is 10.1 Å². The monoisotopic (exact) mass is 233 g/mol. The van der Waals surface area contributed by atoms with Crippen LogP contribution < -0.4 is 4.90 Å². The highest BCUT2D eigenvalue weighted by atomic mass is 16.6. The van der Waals surface area contributed by atoms with Crippen molar-refractivity contribution in [1.29, 1.82) is 0 Å². The number of nitrogens with zero attached hydrogens (tertiary/aromatic N) is 3. The van der Waals surface area contributed by atoms with E-state index >= 15 is 0 Å². The average molecular weight is 233 g/mol. The highest BCUT2D eigenvalue weighted by Crippen LogP contribution is 2.19. The van der Waals surface area contributed by atoms with E-state index in [1.165, 1.54) is 0 Å². The maximum atomic E-state index is 5.14. The van der Waals surface area contributed by atoms with Crippen LogP contribution in [-0.4, -0.2) is 25.7 Å². The summed E-state index contributed by atoms with van der Waals surface area (Å²) in [7, 11) is 3.97. The van der Waals surface area contributed by atoms with Gasteiger partial charge in [0.1, 0.15) is 11.6 Å². The minimum absolute atomic E-state index is 0.312. The van der Waals surface area contributed by atoms with Crippen LogP contribution in [0.2, 0.25) is 0 Å². The molecule has 0 spiro atoms. The van der Waals surface area contributed by atoms with E-state index in [1.54, 1.807) is 0 Å². The van der Waals surface area contributed by atoms with Crippen molar-refractivity contribution < 1.29 is 4.84 Å². The quantitative estimate of drug-likeness (QED) is 0.593. The van der Waals surface area contributed by atoms with E-state index in [9.17, 15) is 0 Å². The van der Waals surface area contributed by atoms with Crippen LogP contribution in [0.3, 0.4) is 0 Å². The number of anilines is 1. The Morgan fingerprint density at radius 1 is 1.24 bits per heavy atom. The van der Waals surface area contributed by atoms with Gasteiger partial charge in [-0.15, -0.1) is 0 Å². The van der Waals surface area contributed by atoms with Gasteiger partial charge in [-0.3, -0.25) is 0 Å². The molecule has 4 heteroatoms. The molecule has 0 aliphatic rings. The Balaban J connectivity index is 2.75. The van der Waals surface area contributed by atoms with Gasteiger partial charge in [-0.1, -0.05) is 6.07 Å². The molecule has 0 amide bonds. The van der Waals surface area contributed by atoms with Crippen LogP contribution in [0.4, 0.5) is 11.4 Å². The fourth-order valence-electron chi connectivity index (χ4n) is 1.08. The Bertz CT molecular complexity index is 427. The smallest absolute Gasteiger partial charge is 0.141 e. The first kappa shape index (κ1) is 13.3. The second kappa shape index (κ2) is 5.51. The lowest BCUT2D eigenvalue weighted by atomic mass is 10.2. The topological polar surface area (TPSA) is 37.2 Å². The standard InChI is InChI=1S/C13H19N3O/c1-13(2,3)17-15-10-14-11-7-6-8-12(9-11)16(4)5/h6-9H,1-5H3. The van der Waals surface area contributed by atoms with Crippen LogP contribution in [0.15, 0.2) is 34.4 Å². The summed E-state index contributed by atoms with van der Waals surface area (Å²) in [6.45, 7) is 5.76. The van der Waals surface area contributed by atoms with Crippen molar-refractivity contribution in [2.45, 2.75) is 26.4 Å². The van der Waals surface area contributed by atoms with E-state index in [0.29, 0.717) is 0 Å². The molecule has 17 heavy (non-hydrogen) atoms. The number of rotatable bonds is 3. The van der Waals surface area contributed by atoms with Crippen LogP contribution >= 0.6 is 0 Å². The number of hydrogen-bond donors (Lipinski definition) is 0. The minimum Gasteiger partial charge on any atom is -0.382 e. The Morgan fingerprint density at radius 3 is 2.53 bits per heavy atom. The molecule has 0 fully saturated rings. The van der Waals surface area contributed by atoms with Gasteiger partial charge < -0.3 is 9.74 Å². The van der Waals surface area contributed by atoms with Crippen LogP contribution in [0, 0.1) is 0 Å². The Kier molecular flexibility index (Phi) is 4.30. The number of aliphatic imine (C=N–C) groups is 1. The van der Waals surface area contributed by atoms with Crippen molar-refractivity contribution in [1.82, 2.24) is 0 Å². The van der Waals surface area contributed by atoms with Crippen molar-refractivity contribution in [3.05, 3.63) is 24.3 Å². The van der Waals surface area contributed by atoms with Gasteiger partial charge in [0.15, 0.2) is 0 Å². The summed E-state index contributed by atoms with van der Waals surface area (Å²) in [6.07, 6.45) is 0. The van der Waals surface area contributed by atoms with Crippen molar-refractivity contribution in [3.63, 3.8) is 0 Å². The average Bonchev–Trinajstić information content (AvgIpc) is 2.23. The van der Waals surface area contributed by atoms with E-state index in [0.717, 1.165) is 11.4 Å². The Hall–Kier alpha value is -1.80. The van der Waals surface area contributed by atoms with Crippen molar-refractivity contribution >= 4 is 17.4 Å². The van der Waals surface area contributed by atoms with E-state index < -0.39 is 0 Å². The number of hydrogen-bond acceptors (Lipinski definition) is 4. The highest BCUT2D eigenvalue weighted by Gasteiger charge is 2.09. The zero-order valence-electron chi connectivity index (χ0n) is 11.1. The van der Waals surface area contributed by atoms with Crippen LogP contribution in [0.25, 0.3) is 0 Å². The summed E-state index contributed by atoms with van der Waals surface area (Å²) in [5.74, 6) is 0. The van der Waals surface area contributed by atoms with E-state index in [1.807, 2.05) is 64.0 Å². The van der Waals surface area contributed by atoms with Gasteiger partial charge in [-0.25, -0.2) is 0 Å². The SMILES string of the molecule is CN(C)c1cccc(N=C=NOC(C)(C)C)c1. The third-order valence-electron chi connectivity index (χ3n) is 1.89. The first-order valence-corrected chi connectivity index (χ1v) is 5.50. The zero-order chi connectivity index (χ0) is 12.9. The molecule has 0 bridgehead atoms. The molecule has 0 aliphatic heterocycles. The summed E-state index contributed by atoms with van der Waals surface area (Å²) >= 11 is 0. The second-order valence-electron chi connectivity index (χ2n) is 4.92. The molecule has 0 atom stereocenters. The molecule has 1 aromatic rings. The molecule has 1 rings (SSSR count). The molecule has 4 nitrogen and oxygen atoms in total. The molecule has 1 aromatic carbocycles. The predicted molar refractivity (Wildman–Crippen MR) is 71.1 cm³/mol. The van der Waals surface area contributed by atoms with Gasteiger partial charge in [-0.05, 0) is 44.1 Å². The molecule has 0 saturated carbocycles. The molecular formula is C13H19N3O. The predicted octanol–water partition coefficient (Wildman–Crippen LogP) is 3.29. The first-order valence-electron chi connectivity index (χ1n) is 5.50. The van der Waals surface area contributed by atoms with Gasteiger partial charge in [0.2, 0.25) is 0 Å².